The van der Waals surface area contributed by atoms with Crippen LogP contribution in [0.2, 0.25) is 0 Å². The van der Waals surface area contributed by atoms with E-state index in [1.54, 1.807) is 23.5 Å². The van der Waals surface area contributed by atoms with Crippen LogP contribution in [0.3, 0.4) is 0 Å². The summed E-state index contributed by atoms with van der Waals surface area (Å²) in [5.74, 6) is 0.432. The first-order valence-electron chi connectivity index (χ1n) is 5.39. The molecule has 0 aliphatic rings. The van der Waals surface area contributed by atoms with Gasteiger partial charge in [-0.2, -0.15) is 0 Å². The van der Waals surface area contributed by atoms with E-state index in [2.05, 4.69) is 10.2 Å². The van der Waals surface area contributed by atoms with Gasteiger partial charge < -0.3 is 0 Å². The highest BCUT2D eigenvalue weighted by Crippen LogP contribution is 2.16. The molecule has 0 aliphatic heterocycles. The summed E-state index contributed by atoms with van der Waals surface area (Å²) in [5, 5.41) is 10.2. The third-order valence-corrected chi connectivity index (χ3v) is 3.55. The van der Waals surface area contributed by atoms with E-state index in [0.29, 0.717) is 12.3 Å². The maximum Gasteiger partial charge on any atom is 0.123 e. The summed E-state index contributed by atoms with van der Waals surface area (Å²) in [4.78, 5) is 0. The second-order valence-corrected chi connectivity index (χ2v) is 5.21. The average Bonchev–Trinajstić information content (AvgIpc) is 2.77. The van der Waals surface area contributed by atoms with Gasteiger partial charge in [0.15, 0.2) is 0 Å². The Balaban J connectivity index is 1.98. The number of halogens is 2. The summed E-state index contributed by atoms with van der Waals surface area (Å²) < 4.78 is 12.7. The van der Waals surface area contributed by atoms with Crippen LogP contribution in [0.5, 0.6) is 0 Å². The van der Waals surface area contributed by atoms with Gasteiger partial charge in [0, 0.05) is 18.7 Å². The lowest BCUT2D eigenvalue weighted by molar-refractivity contribution is 0.627. The van der Waals surface area contributed by atoms with E-state index in [4.69, 9.17) is 11.6 Å². The smallest absolute Gasteiger partial charge is 0.123 e. The van der Waals surface area contributed by atoms with Gasteiger partial charge in [-0.15, -0.1) is 33.1 Å². The number of hydrogen-bond acceptors (Lipinski definition) is 3. The molecule has 0 saturated heterocycles. The normalized spacial score (nSPS) is 10.7. The van der Waals surface area contributed by atoms with E-state index >= 15 is 0 Å². The minimum absolute atomic E-state index is 0.214. The number of aromatic nitrogens is 2. The first-order valence-corrected chi connectivity index (χ1v) is 6.74. The van der Waals surface area contributed by atoms with Gasteiger partial charge in [-0.1, -0.05) is 12.1 Å². The van der Waals surface area contributed by atoms with Crippen molar-refractivity contribution in [2.75, 3.05) is 5.88 Å². The minimum atomic E-state index is -0.214. The van der Waals surface area contributed by atoms with Crippen LogP contribution >= 0.6 is 22.9 Å². The van der Waals surface area contributed by atoms with E-state index < -0.39 is 0 Å². The molecule has 0 radical (unpaired) electrons. The monoisotopic (exact) mass is 270 g/mol. The van der Waals surface area contributed by atoms with Crippen LogP contribution in [-0.2, 0) is 12.8 Å². The van der Waals surface area contributed by atoms with Crippen molar-refractivity contribution in [3.05, 3.63) is 45.7 Å². The molecule has 0 spiro atoms. The third kappa shape index (κ3) is 3.75. The molecule has 90 valence electrons. The molecule has 5 heteroatoms. The summed E-state index contributed by atoms with van der Waals surface area (Å²) in [7, 11) is 0. The fourth-order valence-electron chi connectivity index (χ4n) is 1.46. The van der Waals surface area contributed by atoms with E-state index in [-0.39, 0.29) is 5.82 Å². The Kier molecular flexibility index (Phi) is 4.45. The Labute approximate surface area is 108 Å². The van der Waals surface area contributed by atoms with Crippen molar-refractivity contribution in [3.63, 3.8) is 0 Å². The first kappa shape index (κ1) is 12.5. The highest BCUT2D eigenvalue weighted by molar-refractivity contribution is 7.11. The maximum atomic E-state index is 12.7. The van der Waals surface area contributed by atoms with Crippen molar-refractivity contribution in [3.8, 4) is 0 Å². The Morgan fingerprint density at radius 1 is 1.12 bits per heavy atom. The summed E-state index contributed by atoms with van der Waals surface area (Å²) in [6, 6.07) is 6.47. The molecule has 0 N–H and O–H groups in total. The van der Waals surface area contributed by atoms with Gasteiger partial charge in [0.1, 0.15) is 15.8 Å². The van der Waals surface area contributed by atoms with E-state index in [0.717, 1.165) is 28.4 Å². The summed E-state index contributed by atoms with van der Waals surface area (Å²) in [6.07, 6.45) is 2.51. The van der Waals surface area contributed by atoms with Gasteiger partial charge in [0.2, 0.25) is 0 Å². The van der Waals surface area contributed by atoms with Crippen LogP contribution in [0.25, 0.3) is 0 Å². The van der Waals surface area contributed by atoms with Crippen LogP contribution in [0.15, 0.2) is 24.3 Å². The predicted octanol–water partition coefficient (Wildman–Crippen LogP) is 3.44. The van der Waals surface area contributed by atoms with Crippen LogP contribution in [0, 0.1) is 5.82 Å². The molecular weight excluding hydrogens is 259 g/mol. The fraction of sp³-hybridized carbons (Fsp3) is 0.333. The Morgan fingerprint density at radius 2 is 1.82 bits per heavy atom. The quantitative estimate of drug-likeness (QED) is 0.778. The standard InChI is InChI=1S/C12H12ClFN2S/c13-7-1-2-11-15-16-12(17-11)8-9-3-5-10(14)6-4-9/h3-6H,1-2,7-8H2. The molecule has 2 rings (SSSR count). The molecule has 0 fully saturated rings. The van der Waals surface area contributed by atoms with Crippen molar-refractivity contribution in [1.82, 2.24) is 10.2 Å². The zero-order chi connectivity index (χ0) is 12.1. The predicted molar refractivity (Wildman–Crippen MR) is 68.2 cm³/mol. The molecule has 17 heavy (non-hydrogen) atoms. The topological polar surface area (TPSA) is 25.8 Å². The molecule has 0 bridgehead atoms. The molecule has 1 aromatic heterocycles. The van der Waals surface area contributed by atoms with Crippen molar-refractivity contribution in [1.29, 1.82) is 0 Å². The number of alkyl halides is 1. The average molecular weight is 271 g/mol. The number of aryl methyl sites for hydroxylation is 1. The number of rotatable bonds is 5. The second kappa shape index (κ2) is 6.07. The SMILES string of the molecule is Fc1ccc(Cc2nnc(CCCCl)s2)cc1. The summed E-state index contributed by atoms with van der Waals surface area (Å²) in [5.41, 5.74) is 1.05. The van der Waals surface area contributed by atoms with Gasteiger partial charge in [-0.25, -0.2) is 4.39 Å². The molecular formula is C12H12ClFN2S. The van der Waals surface area contributed by atoms with Crippen LogP contribution < -0.4 is 0 Å². The van der Waals surface area contributed by atoms with Gasteiger partial charge in [-0.3, -0.25) is 0 Å². The van der Waals surface area contributed by atoms with Crippen LogP contribution in [0.1, 0.15) is 22.0 Å². The van der Waals surface area contributed by atoms with Gasteiger partial charge >= 0.3 is 0 Å². The molecule has 1 aromatic carbocycles. The number of hydrogen-bond donors (Lipinski definition) is 0. The molecule has 2 nitrogen and oxygen atoms in total. The van der Waals surface area contributed by atoms with Crippen LogP contribution in [0.4, 0.5) is 4.39 Å². The van der Waals surface area contributed by atoms with Crippen molar-refractivity contribution < 1.29 is 4.39 Å². The Bertz CT molecular complexity index is 470. The lowest BCUT2D eigenvalue weighted by atomic mass is 10.2. The largest absolute Gasteiger partial charge is 0.207 e. The zero-order valence-electron chi connectivity index (χ0n) is 9.20. The van der Waals surface area contributed by atoms with Gasteiger partial charge in [0.05, 0.1) is 0 Å². The van der Waals surface area contributed by atoms with E-state index in [1.807, 2.05) is 0 Å². The fourth-order valence-corrected chi connectivity index (χ4v) is 2.51. The second-order valence-electron chi connectivity index (χ2n) is 3.69. The highest BCUT2D eigenvalue weighted by atomic mass is 35.5. The van der Waals surface area contributed by atoms with Crippen molar-refractivity contribution in [2.45, 2.75) is 19.3 Å². The lowest BCUT2D eigenvalue weighted by Gasteiger charge is -1.96. The zero-order valence-corrected chi connectivity index (χ0v) is 10.8. The van der Waals surface area contributed by atoms with E-state index in [9.17, 15) is 4.39 Å². The Morgan fingerprint density at radius 3 is 2.53 bits per heavy atom. The van der Waals surface area contributed by atoms with Crippen molar-refractivity contribution >= 4 is 22.9 Å². The van der Waals surface area contributed by atoms with Crippen LogP contribution in [-0.4, -0.2) is 16.1 Å². The summed E-state index contributed by atoms with van der Waals surface area (Å²) >= 11 is 7.22. The lowest BCUT2D eigenvalue weighted by Crippen LogP contribution is -1.87. The van der Waals surface area contributed by atoms with E-state index in [1.165, 1.54) is 12.1 Å². The highest BCUT2D eigenvalue weighted by Gasteiger charge is 2.05. The molecule has 0 atom stereocenters. The molecule has 0 unspecified atom stereocenters. The van der Waals surface area contributed by atoms with Gasteiger partial charge in [-0.05, 0) is 24.1 Å². The number of nitrogens with zero attached hydrogens (tertiary/aromatic N) is 2. The molecule has 0 aliphatic carbocycles. The molecule has 0 saturated carbocycles. The first-order chi connectivity index (χ1) is 8.28. The maximum absolute atomic E-state index is 12.7. The van der Waals surface area contributed by atoms with Gasteiger partial charge in [0.25, 0.3) is 0 Å². The Hall–Kier alpha value is -1.00. The summed E-state index contributed by atoms with van der Waals surface area (Å²) in [6.45, 7) is 0. The van der Waals surface area contributed by atoms with Crippen molar-refractivity contribution in [2.24, 2.45) is 0 Å². The number of benzene rings is 1. The third-order valence-electron chi connectivity index (χ3n) is 2.30. The molecule has 0 amide bonds. The molecule has 1 heterocycles. The molecule has 2 aromatic rings. The minimum Gasteiger partial charge on any atom is -0.207 e.